The van der Waals surface area contributed by atoms with Gasteiger partial charge in [-0.15, -0.1) is 0 Å². The van der Waals surface area contributed by atoms with Crippen LogP contribution in [0, 0.1) is 5.82 Å². The summed E-state index contributed by atoms with van der Waals surface area (Å²) in [6.07, 6.45) is -1.86. The summed E-state index contributed by atoms with van der Waals surface area (Å²) in [5.74, 6) is -0.455. The maximum Gasteiger partial charge on any atom is 0.165 e. The molecule has 1 aromatic rings. The van der Waals surface area contributed by atoms with Gasteiger partial charge in [0, 0.05) is 0 Å². The number of aliphatic hydroxyl groups excluding tert-OH is 2. The van der Waals surface area contributed by atoms with Crippen molar-refractivity contribution in [3.63, 3.8) is 0 Å². The van der Waals surface area contributed by atoms with Crippen molar-refractivity contribution in [1.29, 1.82) is 0 Å². The number of hydrogen-bond acceptors (Lipinski definition) is 3. The van der Waals surface area contributed by atoms with Gasteiger partial charge >= 0.3 is 0 Å². The van der Waals surface area contributed by atoms with Crippen molar-refractivity contribution in [3.8, 4) is 5.75 Å². The summed E-state index contributed by atoms with van der Waals surface area (Å²) in [5, 5.41) is 18.5. The van der Waals surface area contributed by atoms with Crippen molar-refractivity contribution in [3.05, 3.63) is 29.6 Å². The summed E-state index contributed by atoms with van der Waals surface area (Å²) in [6, 6.07) is 4.28. The Labute approximate surface area is 94.5 Å². The first-order chi connectivity index (χ1) is 7.41. The van der Waals surface area contributed by atoms with Gasteiger partial charge in [-0.2, -0.15) is 0 Å². The molecule has 3 nitrogen and oxygen atoms in total. The fraction of sp³-hybridized carbons (Fsp3) is 0.500. The molecule has 0 aliphatic carbocycles. The Hall–Kier alpha value is -1.13. The number of aliphatic hydroxyl groups is 2. The molecule has 0 bridgehead atoms. The van der Waals surface area contributed by atoms with Gasteiger partial charge in [0.2, 0.25) is 0 Å². The molecule has 2 N–H and O–H groups in total. The van der Waals surface area contributed by atoms with Crippen LogP contribution in [0.4, 0.5) is 4.39 Å². The predicted molar refractivity (Wildman–Crippen MR) is 58.8 cm³/mol. The Balaban J connectivity index is 2.83. The standard InChI is InChI=1S/C12H17FO3/c1-7(14)9(3)16-12-5-4-10(8(2)15)6-11(12)13/h4-9,14-15H,1-3H3/t7?,8-,9?/m1/s1. The topological polar surface area (TPSA) is 49.7 Å². The maximum atomic E-state index is 13.5. The smallest absolute Gasteiger partial charge is 0.165 e. The van der Waals surface area contributed by atoms with Gasteiger partial charge in [0.15, 0.2) is 11.6 Å². The summed E-state index contributed by atoms with van der Waals surface area (Å²) in [4.78, 5) is 0. The van der Waals surface area contributed by atoms with Crippen LogP contribution in [0.1, 0.15) is 32.4 Å². The van der Waals surface area contributed by atoms with Gasteiger partial charge in [0.05, 0.1) is 12.2 Å². The highest BCUT2D eigenvalue weighted by Gasteiger charge is 2.14. The molecule has 0 fully saturated rings. The Morgan fingerprint density at radius 3 is 2.25 bits per heavy atom. The Morgan fingerprint density at radius 1 is 1.19 bits per heavy atom. The molecule has 1 rings (SSSR count). The summed E-state index contributed by atoms with van der Waals surface area (Å²) < 4.78 is 18.8. The average molecular weight is 228 g/mol. The molecule has 2 unspecified atom stereocenters. The Bertz CT molecular complexity index is 350. The first-order valence-corrected chi connectivity index (χ1v) is 5.24. The van der Waals surface area contributed by atoms with E-state index in [0.29, 0.717) is 5.56 Å². The summed E-state index contributed by atoms with van der Waals surface area (Å²) in [5.41, 5.74) is 0.495. The van der Waals surface area contributed by atoms with E-state index < -0.39 is 24.1 Å². The van der Waals surface area contributed by atoms with Gasteiger partial charge in [-0.25, -0.2) is 4.39 Å². The van der Waals surface area contributed by atoms with Crippen LogP contribution >= 0.6 is 0 Å². The molecule has 0 spiro atoms. The zero-order valence-electron chi connectivity index (χ0n) is 9.64. The Morgan fingerprint density at radius 2 is 1.81 bits per heavy atom. The van der Waals surface area contributed by atoms with E-state index in [2.05, 4.69) is 0 Å². The van der Waals surface area contributed by atoms with E-state index in [1.54, 1.807) is 26.8 Å². The fourth-order valence-electron chi connectivity index (χ4n) is 1.17. The third-order valence-corrected chi connectivity index (χ3v) is 2.43. The van der Waals surface area contributed by atoms with Crippen molar-refractivity contribution in [2.24, 2.45) is 0 Å². The molecule has 0 aliphatic heterocycles. The van der Waals surface area contributed by atoms with E-state index in [4.69, 9.17) is 4.74 Å². The molecule has 0 saturated carbocycles. The summed E-state index contributed by atoms with van der Waals surface area (Å²) in [6.45, 7) is 4.80. The van der Waals surface area contributed by atoms with Crippen LogP contribution in [-0.2, 0) is 0 Å². The lowest BCUT2D eigenvalue weighted by molar-refractivity contribution is 0.0578. The molecule has 1 aromatic carbocycles. The van der Waals surface area contributed by atoms with Crippen molar-refractivity contribution in [2.45, 2.75) is 39.1 Å². The highest BCUT2D eigenvalue weighted by molar-refractivity contribution is 5.30. The predicted octanol–water partition coefficient (Wildman–Crippen LogP) is 2.03. The highest BCUT2D eigenvalue weighted by Crippen LogP contribution is 2.23. The second-order valence-electron chi connectivity index (χ2n) is 3.93. The summed E-state index contributed by atoms with van der Waals surface area (Å²) >= 11 is 0. The normalized spacial score (nSPS) is 16.6. The number of ether oxygens (including phenoxy) is 1. The van der Waals surface area contributed by atoms with Crippen molar-refractivity contribution < 1.29 is 19.3 Å². The van der Waals surface area contributed by atoms with Crippen LogP contribution in [0.3, 0.4) is 0 Å². The van der Waals surface area contributed by atoms with E-state index in [9.17, 15) is 14.6 Å². The van der Waals surface area contributed by atoms with Crippen molar-refractivity contribution in [2.75, 3.05) is 0 Å². The summed E-state index contributed by atoms with van der Waals surface area (Å²) in [7, 11) is 0. The van der Waals surface area contributed by atoms with E-state index in [1.807, 2.05) is 0 Å². The van der Waals surface area contributed by atoms with Crippen LogP contribution in [0.2, 0.25) is 0 Å². The first-order valence-electron chi connectivity index (χ1n) is 5.24. The monoisotopic (exact) mass is 228 g/mol. The third-order valence-electron chi connectivity index (χ3n) is 2.43. The van der Waals surface area contributed by atoms with E-state index >= 15 is 0 Å². The Kier molecular flexibility index (Phi) is 4.26. The lowest BCUT2D eigenvalue weighted by Gasteiger charge is -2.18. The molecule has 0 heterocycles. The zero-order chi connectivity index (χ0) is 12.3. The van der Waals surface area contributed by atoms with Gasteiger partial charge in [-0.1, -0.05) is 6.07 Å². The number of benzene rings is 1. The van der Waals surface area contributed by atoms with E-state index in [0.717, 1.165) is 0 Å². The molecule has 0 saturated heterocycles. The number of hydrogen-bond donors (Lipinski definition) is 2. The van der Waals surface area contributed by atoms with Crippen LogP contribution in [0.25, 0.3) is 0 Å². The lowest BCUT2D eigenvalue weighted by Crippen LogP contribution is -2.25. The van der Waals surface area contributed by atoms with Gasteiger partial charge in [0.25, 0.3) is 0 Å². The molecule has 0 aliphatic rings. The third kappa shape index (κ3) is 3.18. The lowest BCUT2D eigenvalue weighted by atomic mass is 10.1. The highest BCUT2D eigenvalue weighted by atomic mass is 19.1. The average Bonchev–Trinajstić information content (AvgIpc) is 2.20. The van der Waals surface area contributed by atoms with E-state index in [1.165, 1.54) is 12.1 Å². The molecule has 0 aromatic heterocycles. The van der Waals surface area contributed by atoms with Crippen LogP contribution in [0.15, 0.2) is 18.2 Å². The van der Waals surface area contributed by atoms with Crippen LogP contribution in [0.5, 0.6) is 5.75 Å². The minimum absolute atomic E-state index is 0.0813. The van der Waals surface area contributed by atoms with Gasteiger partial charge in [-0.05, 0) is 38.5 Å². The molecular weight excluding hydrogens is 211 g/mol. The largest absolute Gasteiger partial charge is 0.485 e. The van der Waals surface area contributed by atoms with Gasteiger partial charge in [-0.3, -0.25) is 0 Å². The van der Waals surface area contributed by atoms with Gasteiger partial charge < -0.3 is 14.9 Å². The number of rotatable bonds is 4. The molecule has 3 atom stereocenters. The molecule has 4 heteroatoms. The van der Waals surface area contributed by atoms with Crippen LogP contribution in [-0.4, -0.2) is 22.4 Å². The minimum Gasteiger partial charge on any atom is -0.485 e. The second-order valence-corrected chi connectivity index (χ2v) is 3.93. The minimum atomic E-state index is -0.710. The van der Waals surface area contributed by atoms with Gasteiger partial charge in [0.1, 0.15) is 6.10 Å². The second kappa shape index (κ2) is 5.27. The number of halogens is 1. The quantitative estimate of drug-likeness (QED) is 0.829. The molecule has 90 valence electrons. The van der Waals surface area contributed by atoms with Crippen LogP contribution < -0.4 is 4.74 Å². The maximum absolute atomic E-state index is 13.5. The molecule has 0 radical (unpaired) electrons. The van der Waals surface area contributed by atoms with Crippen molar-refractivity contribution in [1.82, 2.24) is 0 Å². The molecule has 0 amide bonds. The van der Waals surface area contributed by atoms with Crippen molar-refractivity contribution >= 4 is 0 Å². The first kappa shape index (κ1) is 12.9. The van der Waals surface area contributed by atoms with E-state index in [-0.39, 0.29) is 5.75 Å². The molecular formula is C12H17FO3. The fourth-order valence-corrected chi connectivity index (χ4v) is 1.17. The SMILES string of the molecule is CC(O)C(C)Oc1ccc([C@@H](C)O)cc1F. The zero-order valence-corrected chi connectivity index (χ0v) is 9.64. The molecule has 16 heavy (non-hydrogen) atoms.